The number of anilines is 2. The Hall–Kier alpha value is -3.20. The van der Waals surface area contributed by atoms with Crippen LogP contribution in [0.4, 0.5) is 24.5 Å². The number of ether oxygens (including phenoxy) is 3. The van der Waals surface area contributed by atoms with Crippen molar-refractivity contribution in [2.24, 2.45) is 0 Å². The van der Waals surface area contributed by atoms with Gasteiger partial charge in [0.05, 0.1) is 25.0 Å². The molecule has 2 aromatic rings. The van der Waals surface area contributed by atoms with Gasteiger partial charge >= 0.3 is 6.61 Å². The molecule has 3 rings (SSSR count). The first kappa shape index (κ1) is 23.5. The lowest BCUT2D eigenvalue weighted by Crippen LogP contribution is -2.45. The van der Waals surface area contributed by atoms with Crippen LogP contribution >= 0.6 is 0 Å². The first-order valence-corrected chi connectivity index (χ1v) is 10.1. The van der Waals surface area contributed by atoms with Crippen LogP contribution in [-0.2, 0) is 9.53 Å². The van der Waals surface area contributed by atoms with Crippen molar-refractivity contribution < 1.29 is 32.2 Å². The third kappa shape index (κ3) is 6.16. The normalized spacial score (nSPS) is 18.8. The van der Waals surface area contributed by atoms with Crippen LogP contribution in [-0.4, -0.2) is 44.9 Å². The van der Waals surface area contributed by atoms with E-state index in [1.165, 1.54) is 43.5 Å². The van der Waals surface area contributed by atoms with Gasteiger partial charge in [0, 0.05) is 24.9 Å². The molecular formula is C23H25F3N2O4. The van der Waals surface area contributed by atoms with Gasteiger partial charge in [0.1, 0.15) is 5.82 Å². The zero-order chi connectivity index (χ0) is 23.3. The summed E-state index contributed by atoms with van der Waals surface area (Å²) in [7, 11) is 1.32. The van der Waals surface area contributed by atoms with Gasteiger partial charge in [0.2, 0.25) is 5.91 Å². The molecule has 2 unspecified atom stereocenters. The van der Waals surface area contributed by atoms with Crippen LogP contribution in [0.25, 0.3) is 6.08 Å². The SMILES string of the molecule is COc1cc(/C=C/C(=O)Nc2ccc(N3CC(C)OC(C)C3)c(F)c2)ccc1OC(F)F. The molecule has 2 atom stereocenters. The van der Waals surface area contributed by atoms with Gasteiger partial charge in [0.15, 0.2) is 11.5 Å². The smallest absolute Gasteiger partial charge is 0.387 e. The minimum Gasteiger partial charge on any atom is -0.493 e. The maximum atomic E-state index is 14.7. The molecule has 0 bridgehead atoms. The lowest BCUT2D eigenvalue weighted by molar-refractivity contribution is -0.111. The second-order valence-electron chi connectivity index (χ2n) is 7.44. The zero-order valence-electron chi connectivity index (χ0n) is 18.0. The van der Waals surface area contributed by atoms with E-state index in [4.69, 9.17) is 9.47 Å². The Morgan fingerprint density at radius 2 is 1.88 bits per heavy atom. The van der Waals surface area contributed by atoms with Crippen molar-refractivity contribution in [1.82, 2.24) is 0 Å². The highest BCUT2D eigenvalue weighted by molar-refractivity contribution is 6.02. The summed E-state index contributed by atoms with van der Waals surface area (Å²) in [6.45, 7) is 2.07. The topological polar surface area (TPSA) is 60.0 Å². The molecule has 0 spiro atoms. The Morgan fingerprint density at radius 1 is 1.16 bits per heavy atom. The fraction of sp³-hybridized carbons (Fsp3) is 0.348. The predicted octanol–water partition coefficient (Wildman–Crippen LogP) is 4.70. The predicted molar refractivity (Wildman–Crippen MR) is 116 cm³/mol. The van der Waals surface area contributed by atoms with Gasteiger partial charge in [-0.25, -0.2) is 4.39 Å². The van der Waals surface area contributed by atoms with Crippen molar-refractivity contribution in [1.29, 1.82) is 0 Å². The average Bonchev–Trinajstić information content (AvgIpc) is 2.72. The molecular weight excluding hydrogens is 425 g/mol. The summed E-state index contributed by atoms with van der Waals surface area (Å²) in [6, 6.07) is 8.82. The number of morpholine rings is 1. The van der Waals surface area contributed by atoms with Crippen LogP contribution in [0.5, 0.6) is 11.5 Å². The van der Waals surface area contributed by atoms with Gasteiger partial charge in [-0.2, -0.15) is 8.78 Å². The fourth-order valence-corrected chi connectivity index (χ4v) is 3.55. The van der Waals surface area contributed by atoms with Crippen LogP contribution in [0, 0.1) is 5.82 Å². The number of hydrogen-bond donors (Lipinski definition) is 1. The van der Waals surface area contributed by atoms with Gasteiger partial charge in [-0.1, -0.05) is 6.07 Å². The van der Waals surface area contributed by atoms with E-state index in [1.807, 2.05) is 18.7 Å². The van der Waals surface area contributed by atoms with E-state index >= 15 is 0 Å². The highest BCUT2D eigenvalue weighted by Crippen LogP contribution is 2.30. The number of alkyl halides is 2. The van der Waals surface area contributed by atoms with E-state index in [2.05, 4.69) is 10.1 Å². The lowest BCUT2D eigenvalue weighted by Gasteiger charge is -2.37. The summed E-state index contributed by atoms with van der Waals surface area (Å²) in [5.74, 6) is -0.911. The van der Waals surface area contributed by atoms with E-state index < -0.39 is 18.3 Å². The Balaban J connectivity index is 1.65. The Bertz CT molecular complexity index is 974. The van der Waals surface area contributed by atoms with E-state index in [0.29, 0.717) is 30.0 Å². The molecule has 172 valence electrons. The number of carbonyl (C=O) groups excluding carboxylic acids is 1. The van der Waals surface area contributed by atoms with Crippen molar-refractivity contribution in [3.8, 4) is 11.5 Å². The monoisotopic (exact) mass is 450 g/mol. The molecule has 1 fully saturated rings. The molecule has 9 heteroatoms. The molecule has 6 nitrogen and oxygen atoms in total. The molecule has 1 saturated heterocycles. The van der Waals surface area contributed by atoms with E-state index in [1.54, 1.807) is 12.1 Å². The summed E-state index contributed by atoms with van der Waals surface area (Å²) in [6.07, 6.45) is 2.72. The van der Waals surface area contributed by atoms with Gasteiger partial charge in [-0.05, 0) is 55.8 Å². The molecule has 1 amide bonds. The molecule has 1 heterocycles. The summed E-state index contributed by atoms with van der Waals surface area (Å²) in [5.41, 5.74) is 1.31. The minimum absolute atomic E-state index is 0.00251. The van der Waals surface area contributed by atoms with Gasteiger partial charge < -0.3 is 24.4 Å². The Morgan fingerprint density at radius 3 is 2.50 bits per heavy atom. The van der Waals surface area contributed by atoms with Crippen LogP contribution in [0.15, 0.2) is 42.5 Å². The number of amides is 1. The lowest BCUT2D eigenvalue weighted by atomic mass is 10.1. The highest BCUT2D eigenvalue weighted by atomic mass is 19.3. The summed E-state index contributed by atoms with van der Waals surface area (Å²) in [4.78, 5) is 14.2. The minimum atomic E-state index is -2.97. The standard InChI is InChI=1S/C23H25F3N2O4/c1-14-12-28(13-15(2)31-14)19-7-6-17(11-18(19)24)27-22(29)9-5-16-4-8-20(32-23(25)26)21(10-16)30-3/h4-11,14-15,23H,12-13H2,1-3H3,(H,27,29)/b9-5+. The van der Waals surface area contributed by atoms with Gasteiger partial charge in [-0.15, -0.1) is 0 Å². The molecule has 1 aliphatic rings. The van der Waals surface area contributed by atoms with E-state index in [0.717, 1.165) is 0 Å². The van der Waals surface area contributed by atoms with E-state index in [9.17, 15) is 18.0 Å². The molecule has 0 aromatic heterocycles. The van der Waals surface area contributed by atoms with Crippen molar-refractivity contribution in [3.63, 3.8) is 0 Å². The van der Waals surface area contributed by atoms with Crippen LogP contribution < -0.4 is 19.7 Å². The first-order chi connectivity index (χ1) is 15.2. The molecule has 1 N–H and O–H groups in total. The Kier molecular flexibility index (Phi) is 7.63. The van der Waals surface area contributed by atoms with E-state index in [-0.39, 0.29) is 23.7 Å². The maximum absolute atomic E-state index is 14.7. The van der Waals surface area contributed by atoms with Crippen molar-refractivity contribution in [2.75, 3.05) is 30.4 Å². The van der Waals surface area contributed by atoms with Crippen LogP contribution in [0.3, 0.4) is 0 Å². The van der Waals surface area contributed by atoms with Gasteiger partial charge in [-0.3, -0.25) is 4.79 Å². The molecule has 0 radical (unpaired) electrons. The number of carbonyl (C=O) groups is 1. The Labute approximate surface area is 184 Å². The van der Waals surface area contributed by atoms with Crippen molar-refractivity contribution in [3.05, 3.63) is 53.9 Å². The highest BCUT2D eigenvalue weighted by Gasteiger charge is 2.24. The number of nitrogens with zero attached hydrogens (tertiary/aromatic N) is 1. The molecule has 1 aliphatic heterocycles. The second kappa shape index (κ2) is 10.4. The number of rotatable bonds is 7. The number of benzene rings is 2. The number of hydrogen-bond acceptors (Lipinski definition) is 5. The van der Waals surface area contributed by atoms with Gasteiger partial charge in [0.25, 0.3) is 0 Å². The summed E-state index contributed by atoms with van der Waals surface area (Å²) < 4.78 is 54.6. The largest absolute Gasteiger partial charge is 0.493 e. The first-order valence-electron chi connectivity index (χ1n) is 10.1. The third-order valence-corrected chi connectivity index (χ3v) is 4.81. The molecule has 0 aliphatic carbocycles. The average molecular weight is 450 g/mol. The third-order valence-electron chi connectivity index (χ3n) is 4.81. The van der Waals surface area contributed by atoms with Crippen LogP contribution in [0.2, 0.25) is 0 Å². The van der Waals surface area contributed by atoms with Crippen LogP contribution in [0.1, 0.15) is 19.4 Å². The summed E-state index contributed by atoms with van der Waals surface area (Å²) in [5, 5.41) is 2.60. The molecule has 0 saturated carbocycles. The second-order valence-corrected chi connectivity index (χ2v) is 7.44. The van der Waals surface area contributed by atoms with Crippen molar-refractivity contribution in [2.45, 2.75) is 32.7 Å². The maximum Gasteiger partial charge on any atom is 0.387 e. The molecule has 32 heavy (non-hydrogen) atoms. The summed E-state index contributed by atoms with van der Waals surface area (Å²) >= 11 is 0. The number of nitrogens with one attached hydrogen (secondary N) is 1. The fourth-order valence-electron chi connectivity index (χ4n) is 3.55. The van der Waals surface area contributed by atoms with Crippen molar-refractivity contribution >= 4 is 23.4 Å². The number of methoxy groups -OCH3 is 1. The number of halogens is 3. The quantitative estimate of drug-likeness (QED) is 0.620. The molecule has 2 aromatic carbocycles. The zero-order valence-corrected chi connectivity index (χ0v) is 18.0.